The van der Waals surface area contributed by atoms with Crippen LogP contribution in [0.3, 0.4) is 0 Å². The first-order valence-corrected chi connectivity index (χ1v) is 8.29. The van der Waals surface area contributed by atoms with Gasteiger partial charge in [0.25, 0.3) is 0 Å². The Morgan fingerprint density at radius 1 is 1.45 bits per heavy atom. The highest BCUT2D eigenvalue weighted by atomic mass is 32.2. The lowest BCUT2D eigenvalue weighted by molar-refractivity contribution is -0.121. The van der Waals surface area contributed by atoms with Crippen molar-refractivity contribution in [3.63, 3.8) is 0 Å². The molecule has 0 spiro atoms. The largest absolute Gasteiger partial charge is 0.492 e. The molecule has 0 saturated carbocycles. The quantitative estimate of drug-likeness (QED) is 0.751. The van der Waals surface area contributed by atoms with E-state index in [4.69, 9.17) is 4.74 Å². The molecule has 2 aromatic rings. The molecule has 2 rings (SSSR count). The van der Waals surface area contributed by atoms with E-state index in [9.17, 15) is 9.00 Å². The van der Waals surface area contributed by atoms with Crippen LogP contribution in [-0.4, -0.2) is 44.3 Å². The molecule has 118 valence electrons. The van der Waals surface area contributed by atoms with Gasteiger partial charge in [0, 0.05) is 6.26 Å². The van der Waals surface area contributed by atoms with Gasteiger partial charge in [0.2, 0.25) is 11.1 Å². The van der Waals surface area contributed by atoms with Crippen molar-refractivity contribution in [3.05, 3.63) is 36.2 Å². The summed E-state index contributed by atoms with van der Waals surface area (Å²) in [5.74, 6) is 0.566. The maximum Gasteiger partial charge on any atom is 0.240 e. The van der Waals surface area contributed by atoms with E-state index in [1.807, 2.05) is 31.2 Å². The highest BCUT2D eigenvalue weighted by Crippen LogP contribution is 2.11. The van der Waals surface area contributed by atoms with E-state index >= 15 is 0 Å². The van der Waals surface area contributed by atoms with Crippen molar-refractivity contribution in [2.75, 3.05) is 19.4 Å². The van der Waals surface area contributed by atoms with Crippen molar-refractivity contribution in [3.8, 4) is 5.75 Å². The molecule has 0 aliphatic carbocycles. The predicted molar refractivity (Wildman–Crippen MR) is 82.0 cm³/mol. The van der Waals surface area contributed by atoms with Gasteiger partial charge in [-0.25, -0.2) is 0 Å². The van der Waals surface area contributed by atoms with E-state index in [2.05, 4.69) is 15.5 Å². The van der Waals surface area contributed by atoms with Gasteiger partial charge < -0.3 is 10.1 Å². The monoisotopic (exact) mass is 322 g/mol. The third-order valence-electron chi connectivity index (χ3n) is 2.83. The highest BCUT2D eigenvalue weighted by Gasteiger charge is 2.11. The second kappa shape index (κ2) is 7.69. The van der Waals surface area contributed by atoms with Gasteiger partial charge in [-0.2, -0.15) is 0 Å². The summed E-state index contributed by atoms with van der Waals surface area (Å²) < 4.78 is 18.4. The van der Waals surface area contributed by atoms with Crippen molar-refractivity contribution in [2.45, 2.75) is 18.6 Å². The lowest BCUT2D eigenvalue weighted by atomic mass is 10.2. The first kappa shape index (κ1) is 16.2. The third-order valence-corrected chi connectivity index (χ3v) is 3.66. The molecule has 0 bridgehead atoms. The summed E-state index contributed by atoms with van der Waals surface area (Å²) in [5, 5.41) is 10.4. The molecule has 1 atom stereocenters. The van der Waals surface area contributed by atoms with Crippen LogP contribution in [0.1, 0.15) is 5.56 Å². The van der Waals surface area contributed by atoms with E-state index in [1.54, 1.807) is 0 Å². The summed E-state index contributed by atoms with van der Waals surface area (Å²) in [4.78, 5) is 11.8. The van der Waals surface area contributed by atoms with Gasteiger partial charge in [-0.05, 0) is 24.6 Å². The van der Waals surface area contributed by atoms with Crippen LogP contribution >= 0.6 is 0 Å². The smallest absolute Gasteiger partial charge is 0.240 e. The molecule has 0 aliphatic heterocycles. The maximum atomic E-state index is 11.8. The van der Waals surface area contributed by atoms with Crippen molar-refractivity contribution >= 4 is 16.7 Å². The zero-order valence-electron chi connectivity index (χ0n) is 12.5. The molecule has 1 N–H and O–H groups in total. The Bertz CT molecular complexity index is 672. The summed E-state index contributed by atoms with van der Waals surface area (Å²) in [7, 11) is -1.28. The summed E-state index contributed by atoms with van der Waals surface area (Å²) in [5.41, 5.74) is 1.12. The average molecular weight is 322 g/mol. The minimum absolute atomic E-state index is 0.0341. The van der Waals surface area contributed by atoms with Crippen molar-refractivity contribution in [1.82, 2.24) is 20.1 Å². The zero-order chi connectivity index (χ0) is 15.9. The Labute approximate surface area is 131 Å². The number of nitrogens with zero attached hydrogens (tertiary/aromatic N) is 3. The number of ether oxygens (including phenoxy) is 1. The Morgan fingerprint density at radius 3 is 3.00 bits per heavy atom. The van der Waals surface area contributed by atoms with E-state index in [-0.39, 0.29) is 17.6 Å². The molecular formula is C14H18N4O3S. The first-order chi connectivity index (χ1) is 10.6. The molecule has 22 heavy (non-hydrogen) atoms. The maximum absolute atomic E-state index is 11.8. The number of amides is 1. The second-order valence-electron chi connectivity index (χ2n) is 4.71. The van der Waals surface area contributed by atoms with Crippen LogP contribution in [0.5, 0.6) is 5.75 Å². The third kappa shape index (κ3) is 4.66. The van der Waals surface area contributed by atoms with Crippen molar-refractivity contribution < 1.29 is 13.7 Å². The molecule has 7 nitrogen and oxygen atoms in total. The molecule has 8 heteroatoms. The molecule has 1 aromatic carbocycles. The fourth-order valence-electron chi connectivity index (χ4n) is 1.85. The number of hydrogen-bond acceptors (Lipinski definition) is 5. The Kier molecular flexibility index (Phi) is 5.65. The van der Waals surface area contributed by atoms with Crippen LogP contribution in [0.25, 0.3) is 0 Å². The van der Waals surface area contributed by atoms with Gasteiger partial charge in [0.15, 0.2) is 0 Å². The average Bonchev–Trinajstić information content (AvgIpc) is 2.92. The highest BCUT2D eigenvalue weighted by molar-refractivity contribution is 7.84. The van der Waals surface area contributed by atoms with Crippen LogP contribution in [0.4, 0.5) is 0 Å². The molecule has 0 radical (unpaired) electrons. The first-order valence-electron chi connectivity index (χ1n) is 6.73. The summed E-state index contributed by atoms with van der Waals surface area (Å²) in [6, 6.07) is 7.71. The lowest BCUT2D eigenvalue weighted by Gasteiger charge is -2.09. The molecular weight excluding hydrogens is 304 g/mol. The van der Waals surface area contributed by atoms with Crippen molar-refractivity contribution in [2.24, 2.45) is 0 Å². The number of carbonyl (C=O) groups excluding carboxylic acids is 1. The van der Waals surface area contributed by atoms with Crippen LogP contribution < -0.4 is 10.1 Å². The predicted octanol–water partition coefficient (Wildman–Crippen LogP) is 0.519. The number of aryl methyl sites for hydroxylation is 1. The van der Waals surface area contributed by atoms with E-state index in [0.29, 0.717) is 13.2 Å². The van der Waals surface area contributed by atoms with Gasteiger partial charge in [-0.3, -0.25) is 13.6 Å². The zero-order valence-corrected chi connectivity index (χ0v) is 13.3. The topological polar surface area (TPSA) is 86.1 Å². The van der Waals surface area contributed by atoms with Gasteiger partial charge >= 0.3 is 0 Å². The number of rotatable bonds is 7. The molecule has 1 amide bonds. The van der Waals surface area contributed by atoms with Gasteiger partial charge in [0.05, 0.1) is 17.3 Å². The number of carbonyl (C=O) groups is 1. The fourth-order valence-corrected chi connectivity index (χ4v) is 2.45. The van der Waals surface area contributed by atoms with Gasteiger partial charge in [0.1, 0.15) is 25.2 Å². The van der Waals surface area contributed by atoms with Crippen LogP contribution in [0.15, 0.2) is 35.7 Å². The molecule has 1 aromatic heterocycles. The molecule has 1 heterocycles. The summed E-state index contributed by atoms with van der Waals surface area (Å²) in [6.07, 6.45) is 2.88. The minimum Gasteiger partial charge on any atom is -0.492 e. The molecule has 1 unspecified atom stereocenters. The second-order valence-corrected chi connectivity index (χ2v) is 5.98. The Balaban J connectivity index is 1.74. The Hall–Kier alpha value is -2.22. The number of aromatic nitrogens is 3. The van der Waals surface area contributed by atoms with E-state index < -0.39 is 10.8 Å². The van der Waals surface area contributed by atoms with Crippen LogP contribution in [0.2, 0.25) is 0 Å². The van der Waals surface area contributed by atoms with E-state index in [1.165, 1.54) is 17.2 Å². The Morgan fingerprint density at radius 2 is 2.27 bits per heavy atom. The fraction of sp³-hybridized carbons (Fsp3) is 0.357. The summed E-state index contributed by atoms with van der Waals surface area (Å²) in [6.45, 7) is 2.79. The minimum atomic E-state index is -1.28. The van der Waals surface area contributed by atoms with Crippen LogP contribution in [0, 0.1) is 6.92 Å². The lowest BCUT2D eigenvalue weighted by Crippen LogP contribution is -2.31. The van der Waals surface area contributed by atoms with Crippen LogP contribution in [-0.2, 0) is 22.1 Å². The number of benzene rings is 1. The molecule has 0 fully saturated rings. The van der Waals surface area contributed by atoms with Crippen molar-refractivity contribution in [1.29, 1.82) is 0 Å². The summed E-state index contributed by atoms with van der Waals surface area (Å²) >= 11 is 0. The van der Waals surface area contributed by atoms with E-state index in [0.717, 1.165) is 11.3 Å². The SMILES string of the molecule is Cc1cccc(OCCNC(=O)Cn2cnnc2S(C)=O)c1. The van der Waals surface area contributed by atoms with Gasteiger partial charge in [-0.1, -0.05) is 12.1 Å². The number of hydrogen-bond donors (Lipinski definition) is 1. The standard InChI is InChI=1S/C14H18N4O3S/c1-11-4-3-5-12(8-11)21-7-6-15-13(19)9-18-10-16-17-14(18)22(2)20/h3-5,8,10H,6-7,9H2,1-2H3,(H,15,19). The van der Waals surface area contributed by atoms with Gasteiger partial charge in [-0.15, -0.1) is 10.2 Å². The molecule has 0 saturated heterocycles. The number of nitrogens with one attached hydrogen (secondary N) is 1. The normalized spacial score (nSPS) is 11.9. The molecule has 0 aliphatic rings.